The molecule has 1 fully saturated rings. The largest absolute Gasteiger partial charge is 0.416 e. The summed E-state index contributed by atoms with van der Waals surface area (Å²) in [4.78, 5) is 13.1. The molecular weight excluding hydrogens is 381 g/mol. The van der Waals surface area contributed by atoms with Crippen LogP contribution >= 0.6 is 0 Å². The second kappa shape index (κ2) is 12.8. The average Bonchev–Trinajstić information content (AvgIpc) is 2.67. The Morgan fingerprint density at radius 1 is 1.00 bits per heavy atom. The monoisotopic (exact) mass is 412 g/mol. The second-order valence-corrected chi connectivity index (χ2v) is 6.00. The fourth-order valence-electron chi connectivity index (χ4n) is 2.39. The van der Waals surface area contributed by atoms with Crippen LogP contribution in [0.1, 0.15) is 36.1 Å². The van der Waals surface area contributed by atoms with E-state index in [1.807, 2.05) is 20.6 Å². The van der Waals surface area contributed by atoms with E-state index in [1.165, 1.54) is 22.8 Å². The van der Waals surface area contributed by atoms with Crippen LogP contribution in [0.25, 0.3) is 0 Å². The third kappa shape index (κ3) is 8.15. The lowest BCUT2D eigenvalue weighted by Gasteiger charge is -2.33. The fraction of sp³-hybridized carbons (Fsp3) is 0.409. The number of hydroxylamine groups is 1. The van der Waals surface area contributed by atoms with Crippen molar-refractivity contribution in [1.82, 2.24) is 0 Å². The topological polar surface area (TPSA) is 41.6 Å². The number of halogens is 3. The fourth-order valence-corrected chi connectivity index (χ4v) is 2.39. The Hall–Kier alpha value is -2.54. The Morgan fingerprint density at radius 3 is 1.97 bits per heavy atom. The van der Waals surface area contributed by atoms with E-state index in [0.717, 1.165) is 12.1 Å². The Labute approximate surface area is 171 Å². The molecule has 0 aromatic heterocycles. The first-order valence-electron chi connectivity index (χ1n) is 9.34. The van der Waals surface area contributed by atoms with Gasteiger partial charge in [-0.15, -0.1) is 0 Å². The van der Waals surface area contributed by atoms with Crippen molar-refractivity contribution in [2.75, 3.05) is 30.6 Å². The van der Waals surface area contributed by atoms with Gasteiger partial charge in [-0.05, 0) is 50.1 Å². The van der Waals surface area contributed by atoms with Gasteiger partial charge in [0.15, 0.2) is 0 Å². The zero-order chi connectivity index (χ0) is 22.6. The van der Waals surface area contributed by atoms with E-state index in [0.29, 0.717) is 24.5 Å². The first kappa shape index (κ1) is 26.5. The van der Waals surface area contributed by atoms with Gasteiger partial charge < -0.3 is 10.1 Å². The summed E-state index contributed by atoms with van der Waals surface area (Å²) in [5.41, 5.74) is 4.48. The summed E-state index contributed by atoms with van der Waals surface area (Å²) in [6.45, 7) is 13.7. The van der Waals surface area contributed by atoms with Crippen molar-refractivity contribution in [1.29, 1.82) is 0 Å². The van der Waals surface area contributed by atoms with Gasteiger partial charge in [-0.1, -0.05) is 37.6 Å². The maximum absolute atomic E-state index is 12.5. The molecule has 1 aliphatic heterocycles. The summed E-state index contributed by atoms with van der Waals surface area (Å²) < 4.78 is 37.4. The van der Waals surface area contributed by atoms with Crippen LogP contribution in [0.15, 0.2) is 36.4 Å². The molecule has 0 saturated carbocycles. The Bertz CT molecular complexity index is 745. The maximum atomic E-state index is 12.5. The summed E-state index contributed by atoms with van der Waals surface area (Å²) in [5.74, 6) is 0. The summed E-state index contributed by atoms with van der Waals surface area (Å²) >= 11 is 0. The van der Waals surface area contributed by atoms with E-state index in [1.54, 1.807) is 12.1 Å². The van der Waals surface area contributed by atoms with Crippen LogP contribution in [-0.4, -0.2) is 27.0 Å². The van der Waals surface area contributed by atoms with Gasteiger partial charge in [-0.2, -0.15) is 13.2 Å². The lowest BCUT2D eigenvalue weighted by molar-refractivity contribution is -0.137. The molecule has 1 aliphatic rings. The molecule has 2 aromatic carbocycles. The van der Waals surface area contributed by atoms with E-state index < -0.39 is 11.7 Å². The van der Waals surface area contributed by atoms with Crippen molar-refractivity contribution >= 4 is 18.2 Å². The predicted molar refractivity (Wildman–Crippen MR) is 113 cm³/mol. The molecular formula is C22H31F3N2O2. The second-order valence-electron chi connectivity index (χ2n) is 6.00. The highest BCUT2D eigenvalue weighted by Gasteiger charge is 2.31. The third-order valence-corrected chi connectivity index (χ3v) is 4.07. The molecule has 1 heterocycles. The van der Waals surface area contributed by atoms with E-state index in [9.17, 15) is 13.2 Å². The summed E-state index contributed by atoms with van der Waals surface area (Å²) in [5, 5.41) is 4.30. The third-order valence-electron chi connectivity index (χ3n) is 4.07. The molecule has 162 valence electrons. The van der Waals surface area contributed by atoms with Gasteiger partial charge in [0.2, 0.25) is 0 Å². The zero-order valence-corrected chi connectivity index (χ0v) is 18.0. The number of nitrogens with one attached hydrogen (secondary N) is 1. The van der Waals surface area contributed by atoms with Crippen molar-refractivity contribution in [2.45, 2.75) is 40.8 Å². The highest BCUT2D eigenvalue weighted by atomic mass is 19.4. The minimum Gasteiger partial charge on any atom is -0.386 e. The van der Waals surface area contributed by atoms with Gasteiger partial charge in [0.25, 0.3) is 0 Å². The van der Waals surface area contributed by atoms with Crippen molar-refractivity contribution in [3.63, 3.8) is 0 Å². The number of carbonyl (C=O) groups excluding carboxylic acids is 1. The standard InChI is InChI=1S/C10H11F3N2O.C9H12.C2H6.CH2O/c1-14-8-6-7(10(11,12)13)2-3-9(8)15-4-5-16-15;1-7-4-5-8(2)9(3)6-7;2*1-2/h2-3,6,14H,4-5H2,1H3;4-6H,1-3H3;1-2H3;1H2. The van der Waals surface area contributed by atoms with Crippen LogP contribution in [0.4, 0.5) is 24.5 Å². The van der Waals surface area contributed by atoms with E-state index in [-0.39, 0.29) is 0 Å². The summed E-state index contributed by atoms with van der Waals surface area (Å²) in [6, 6.07) is 10.0. The molecule has 4 nitrogen and oxygen atoms in total. The number of alkyl halides is 3. The van der Waals surface area contributed by atoms with Crippen LogP contribution in [-0.2, 0) is 15.8 Å². The SMILES string of the molecule is C=O.CC.CNc1cc(C(F)(F)F)ccc1N1CCO1.Cc1ccc(C)c(C)c1. The van der Waals surface area contributed by atoms with Gasteiger partial charge >= 0.3 is 6.18 Å². The number of anilines is 2. The molecule has 29 heavy (non-hydrogen) atoms. The molecule has 0 bridgehead atoms. The number of benzene rings is 2. The molecule has 0 unspecified atom stereocenters. The van der Waals surface area contributed by atoms with E-state index in [4.69, 9.17) is 9.63 Å². The molecule has 3 rings (SSSR count). The van der Waals surface area contributed by atoms with Crippen LogP contribution in [0, 0.1) is 20.8 Å². The molecule has 0 atom stereocenters. The predicted octanol–water partition coefficient (Wildman–Crippen LogP) is 5.95. The highest BCUT2D eigenvalue weighted by Crippen LogP contribution is 2.36. The number of rotatable bonds is 2. The van der Waals surface area contributed by atoms with Crippen molar-refractivity contribution in [3.05, 3.63) is 58.7 Å². The average molecular weight is 412 g/mol. The molecule has 1 N–H and O–H groups in total. The van der Waals surface area contributed by atoms with E-state index in [2.05, 4.69) is 44.3 Å². The first-order valence-corrected chi connectivity index (χ1v) is 9.34. The van der Waals surface area contributed by atoms with Gasteiger partial charge in [-0.25, -0.2) is 5.06 Å². The molecule has 0 spiro atoms. The molecule has 0 radical (unpaired) electrons. The number of hydrogen-bond donors (Lipinski definition) is 1. The highest BCUT2D eigenvalue weighted by molar-refractivity contribution is 5.70. The zero-order valence-electron chi connectivity index (χ0n) is 18.0. The smallest absolute Gasteiger partial charge is 0.386 e. The number of aryl methyl sites for hydroxylation is 3. The lowest BCUT2D eigenvalue weighted by Crippen LogP contribution is -2.39. The Balaban J connectivity index is 0.000000513. The Morgan fingerprint density at radius 2 is 1.59 bits per heavy atom. The minimum atomic E-state index is -4.32. The minimum absolute atomic E-state index is 0.412. The normalized spacial score (nSPS) is 12.1. The van der Waals surface area contributed by atoms with E-state index >= 15 is 0 Å². The summed E-state index contributed by atoms with van der Waals surface area (Å²) in [6.07, 6.45) is -4.32. The molecule has 7 heteroatoms. The number of carbonyl (C=O) groups is 1. The van der Waals surface area contributed by atoms with Crippen molar-refractivity contribution in [2.24, 2.45) is 0 Å². The summed E-state index contributed by atoms with van der Waals surface area (Å²) in [7, 11) is 1.58. The number of hydrogen-bond acceptors (Lipinski definition) is 4. The molecule has 0 amide bonds. The van der Waals surface area contributed by atoms with Crippen LogP contribution in [0.3, 0.4) is 0 Å². The molecule has 1 saturated heterocycles. The van der Waals surface area contributed by atoms with Crippen LogP contribution < -0.4 is 10.4 Å². The quantitative estimate of drug-likeness (QED) is 0.662. The van der Waals surface area contributed by atoms with Crippen molar-refractivity contribution in [3.8, 4) is 0 Å². The van der Waals surface area contributed by atoms with Gasteiger partial charge in [-0.3, -0.25) is 4.84 Å². The number of nitrogens with zero attached hydrogens (tertiary/aromatic N) is 1. The molecule has 2 aromatic rings. The Kier molecular flexibility index (Phi) is 11.7. The van der Waals surface area contributed by atoms with Gasteiger partial charge in [0, 0.05) is 7.05 Å². The van der Waals surface area contributed by atoms with Gasteiger partial charge in [0.05, 0.1) is 30.1 Å². The maximum Gasteiger partial charge on any atom is 0.416 e. The van der Waals surface area contributed by atoms with Crippen LogP contribution in [0.2, 0.25) is 0 Å². The van der Waals surface area contributed by atoms with Crippen LogP contribution in [0.5, 0.6) is 0 Å². The van der Waals surface area contributed by atoms with Gasteiger partial charge in [0.1, 0.15) is 6.79 Å². The molecule has 0 aliphatic carbocycles. The van der Waals surface area contributed by atoms with Crippen molar-refractivity contribution < 1.29 is 22.8 Å². The lowest BCUT2D eigenvalue weighted by atomic mass is 10.1. The first-order chi connectivity index (χ1) is 13.7.